The maximum atomic E-state index is 6.09. The van der Waals surface area contributed by atoms with E-state index in [2.05, 4.69) is 22.1 Å². The second-order valence-corrected chi connectivity index (χ2v) is 6.46. The van der Waals surface area contributed by atoms with E-state index in [-0.39, 0.29) is 6.10 Å². The van der Waals surface area contributed by atoms with Gasteiger partial charge in [0.2, 0.25) is 5.88 Å². The van der Waals surface area contributed by atoms with Gasteiger partial charge in [-0.05, 0) is 25.1 Å². The quantitative estimate of drug-likeness (QED) is 0.627. The van der Waals surface area contributed by atoms with E-state index >= 15 is 0 Å². The van der Waals surface area contributed by atoms with Gasteiger partial charge in [0.15, 0.2) is 5.96 Å². The van der Waals surface area contributed by atoms with E-state index in [0.717, 1.165) is 49.9 Å². The van der Waals surface area contributed by atoms with Crippen molar-refractivity contribution in [1.29, 1.82) is 0 Å². The number of hydrogen-bond acceptors (Lipinski definition) is 4. The fraction of sp³-hybridized carbons (Fsp3) is 0.429. The van der Waals surface area contributed by atoms with Crippen LogP contribution in [0, 0.1) is 0 Å². The van der Waals surface area contributed by atoms with E-state index in [9.17, 15) is 0 Å². The number of aromatic nitrogens is 1. The monoisotopic (exact) mass is 368 g/mol. The van der Waals surface area contributed by atoms with Gasteiger partial charge in [-0.3, -0.25) is 0 Å². The molecule has 0 unspecified atom stereocenters. The van der Waals surface area contributed by atoms with Crippen molar-refractivity contribution in [2.24, 2.45) is 4.99 Å². The Morgan fingerprint density at radius 2 is 1.93 bits per heavy atom. The van der Waals surface area contributed by atoms with E-state index in [4.69, 9.17) is 14.5 Å². The molecule has 0 aliphatic carbocycles. The Morgan fingerprint density at radius 1 is 1.15 bits per heavy atom. The van der Waals surface area contributed by atoms with Gasteiger partial charge >= 0.3 is 0 Å². The molecule has 1 aliphatic rings. The van der Waals surface area contributed by atoms with Crippen molar-refractivity contribution in [3.05, 3.63) is 54.2 Å². The van der Waals surface area contributed by atoms with E-state index in [1.54, 1.807) is 7.11 Å². The Kier molecular flexibility index (Phi) is 6.90. The van der Waals surface area contributed by atoms with Crippen LogP contribution in [0.4, 0.5) is 0 Å². The summed E-state index contributed by atoms with van der Waals surface area (Å²) in [5, 5.41) is 3.39. The van der Waals surface area contributed by atoms with Crippen molar-refractivity contribution in [2.45, 2.75) is 32.4 Å². The van der Waals surface area contributed by atoms with Gasteiger partial charge in [-0.1, -0.05) is 24.3 Å². The minimum absolute atomic E-state index is 0.256. The van der Waals surface area contributed by atoms with Gasteiger partial charge in [-0.2, -0.15) is 0 Å². The predicted octanol–water partition coefficient (Wildman–Crippen LogP) is 3.10. The third kappa shape index (κ3) is 5.61. The first-order chi connectivity index (χ1) is 13.3. The molecule has 1 aliphatic heterocycles. The van der Waals surface area contributed by atoms with Crippen molar-refractivity contribution < 1.29 is 9.47 Å². The highest BCUT2D eigenvalue weighted by Gasteiger charge is 2.22. The maximum Gasteiger partial charge on any atom is 0.213 e. The molecule has 6 heteroatoms. The molecule has 3 rings (SSSR count). The number of benzene rings is 1. The molecule has 2 aromatic rings. The minimum Gasteiger partial charge on any atom is -0.490 e. The predicted molar refractivity (Wildman–Crippen MR) is 107 cm³/mol. The van der Waals surface area contributed by atoms with Gasteiger partial charge < -0.3 is 19.7 Å². The molecule has 0 bridgehead atoms. The van der Waals surface area contributed by atoms with Gasteiger partial charge in [0.1, 0.15) is 11.9 Å². The van der Waals surface area contributed by atoms with Crippen LogP contribution in [0.1, 0.15) is 25.5 Å². The molecule has 6 nitrogen and oxygen atoms in total. The number of ether oxygens (including phenoxy) is 2. The number of nitrogens with zero attached hydrogens (tertiary/aromatic N) is 3. The van der Waals surface area contributed by atoms with Crippen LogP contribution in [0.15, 0.2) is 53.5 Å². The van der Waals surface area contributed by atoms with Crippen LogP contribution in [0.3, 0.4) is 0 Å². The second-order valence-electron chi connectivity index (χ2n) is 6.46. The van der Waals surface area contributed by atoms with E-state index in [1.807, 2.05) is 48.5 Å². The lowest BCUT2D eigenvalue weighted by molar-refractivity contribution is 0.129. The summed E-state index contributed by atoms with van der Waals surface area (Å²) in [4.78, 5) is 11.5. The molecule has 0 atom stereocenters. The molecule has 0 radical (unpaired) electrons. The lowest BCUT2D eigenvalue weighted by Crippen LogP contribution is -2.47. The summed E-state index contributed by atoms with van der Waals surface area (Å²) in [5.41, 5.74) is 0.895. The van der Waals surface area contributed by atoms with Crippen molar-refractivity contribution in [3.63, 3.8) is 0 Å². The van der Waals surface area contributed by atoms with E-state index in [1.165, 1.54) is 0 Å². The number of aliphatic imine (C=N–C) groups is 1. The molecule has 144 valence electrons. The lowest BCUT2D eigenvalue weighted by Gasteiger charge is -2.34. The van der Waals surface area contributed by atoms with Crippen LogP contribution in [0.2, 0.25) is 0 Å². The summed E-state index contributed by atoms with van der Waals surface area (Å²) < 4.78 is 11.3. The lowest BCUT2D eigenvalue weighted by atomic mass is 10.1. The molecule has 0 spiro atoms. The molecular weight excluding hydrogens is 340 g/mol. The molecule has 1 aromatic carbocycles. The fourth-order valence-corrected chi connectivity index (χ4v) is 3.12. The first-order valence-electron chi connectivity index (χ1n) is 9.53. The molecule has 1 fully saturated rings. The van der Waals surface area contributed by atoms with Gasteiger partial charge in [0, 0.05) is 38.5 Å². The molecular formula is C21H28N4O2. The topological polar surface area (TPSA) is 59.0 Å². The molecule has 1 saturated heterocycles. The Balaban J connectivity index is 1.57. The SMILES string of the molecule is CCNC(=NCc1cccc(OC)n1)N1CCC(Oc2ccccc2)CC1. The highest BCUT2D eigenvalue weighted by Crippen LogP contribution is 2.19. The van der Waals surface area contributed by atoms with Crippen molar-refractivity contribution >= 4 is 5.96 Å². The average Bonchev–Trinajstić information content (AvgIpc) is 2.73. The minimum atomic E-state index is 0.256. The van der Waals surface area contributed by atoms with Gasteiger partial charge in [-0.25, -0.2) is 9.98 Å². The summed E-state index contributed by atoms with van der Waals surface area (Å²) in [7, 11) is 1.63. The van der Waals surface area contributed by atoms with Crippen molar-refractivity contribution in [1.82, 2.24) is 15.2 Å². The summed E-state index contributed by atoms with van der Waals surface area (Å²) in [6.07, 6.45) is 2.22. The number of methoxy groups -OCH3 is 1. The Labute approximate surface area is 161 Å². The number of nitrogens with one attached hydrogen (secondary N) is 1. The largest absolute Gasteiger partial charge is 0.490 e. The Bertz CT molecular complexity index is 728. The number of para-hydroxylation sites is 1. The number of guanidine groups is 1. The smallest absolute Gasteiger partial charge is 0.213 e. The van der Waals surface area contributed by atoms with Crippen molar-refractivity contribution in [3.8, 4) is 11.6 Å². The van der Waals surface area contributed by atoms with Crippen LogP contribution in [-0.2, 0) is 6.54 Å². The third-order valence-corrected chi connectivity index (χ3v) is 4.50. The second kappa shape index (κ2) is 9.80. The van der Waals surface area contributed by atoms with Gasteiger partial charge in [0.25, 0.3) is 0 Å². The van der Waals surface area contributed by atoms with E-state index < -0.39 is 0 Å². The molecule has 0 saturated carbocycles. The average molecular weight is 368 g/mol. The molecule has 2 heterocycles. The zero-order valence-electron chi connectivity index (χ0n) is 16.1. The first kappa shape index (κ1) is 19.0. The zero-order valence-corrected chi connectivity index (χ0v) is 16.1. The number of pyridine rings is 1. The summed E-state index contributed by atoms with van der Waals surface area (Å²) >= 11 is 0. The van der Waals surface area contributed by atoms with Crippen LogP contribution >= 0.6 is 0 Å². The van der Waals surface area contributed by atoms with Crippen LogP contribution in [-0.4, -0.2) is 48.7 Å². The number of rotatable bonds is 6. The summed E-state index contributed by atoms with van der Waals surface area (Å²) in [6, 6.07) is 15.8. The van der Waals surface area contributed by atoms with Gasteiger partial charge in [0.05, 0.1) is 19.3 Å². The molecule has 1 N–H and O–H groups in total. The van der Waals surface area contributed by atoms with Crippen LogP contribution < -0.4 is 14.8 Å². The number of hydrogen-bond donors (Lipinski definition) is 1. The number of piperidine rings is 1. The van der Waals surface area contributed by atoms with Crippen molar-refractivity contribution in [2.75, 3.05) is 26.7 Å². The van der Waals surface area contributed by atoms with Gasteiger partial charge in [-0.15, -0.1) is 0 Å². The molecule has 0 amide bonds. The Hall–Kier alpha value is -2.76. The first-order valence-corrected chi connectivity index (χ1v) is 9.53. The third-order valence-electron chi connectivity index (χ3n) is 4.50. The van der Waals surface area contributed by atoms with E-state index in [0.29, 0.717) is 12.4 Å². The highest BCUT2D eigenvalue weighted by molar-refractivity contribution is 5.80. The summed E-state index contributed by atoms with van der Waals surface area (Å²) in [6.45, 7) is 5.30. The Morgan fingerprint density at radius 3 is 2.63 bits per heavy atom. The maximum absolute atomic E-state index is 6.09. The zero-order chi connectivity index (χ0) is 18.9. The fourth-order valence-electron chi connectivity index (χ4n) is 3.12. The highest BCUT2D eigenvalue weighted by atomic mass is 16.5. The standard InChI is InChI=1S/C21H28N4O2/c1-3-22-21(23-16-17-8-7-11-20(24-17)26-2)25-14-12-19(13-15-25)27-18-9-5-4-6-10-18/h4-11,19H,3,12-16H2,1-2H3,(H,22,23). The normalized spacial score (nSPS) is 15.5. The number of likely N-dealkylation sites (tertiary alicyclic amines) is 1. The molecule has 27 heavy (non-hydrogen) atoms. The molecule has 1 aromatic heterocycles. The summed E-state index contributed by atoms with van der Waals surface area (Å²) in [5.74, 6) is 2.49. The van der Waals surface area contributed by atoms with Crippen LogP contribution in [0.5, 0.6) is 11.6 Å². The van der Waals surface area contributed by atoms with Crippen LogP contribution in [0.25, 0.3) is 0 Å².